The summed E-state index contributed by atoms with van der Waals surface area (Å²) in [5.74, 6) is 9.55. The number of pyridine rings is 1. The Morgan fingerprint density at radius 3 is 1.93 bits per heavy atom. The topological polar surface area (TPSA) is 30.7 Å². The van der Waals surface area contributed by atoms with Crippen molar-refractivity contribution >= 4 is 81.6 Å². The maximum Gasteiger partial charge on any atom is 0.0774 e. The first kappa shape index (κ1) is 49.5. The molecule has 4 heterocycles. The second kappa shape index (κ2) is 20.7. The molecule has 1 radical (unpaired) electrons. The van der Waals surface area contributed by atoms with E-state index >= 15 is 0 Å². The van der Waals surface area contributed by atoms with Crippen LogP contribution in [0.4, 0.5) is 0 Å². The van der Waals surface area contributed by atoms with Gasteiger partial charge in [0.1, 0.15) is 0 Å². The Balaban J connectivity index is 0.000000244. The van der Waals surface area contributed by atoms with Crippen molar-refractivity contribution in [1.29, 1.82) is 0 Å². The van der Waals surface area contributed by atoms with Crippen LogP contribution in [-0.4, -0.2) is 27.8 Å². The number of benzene rings is 7. The Morgan fingerprint density at radius 2 is 1.24 bits per heavy atom. The Hall–Kier alpha value is -5.47. The molecule has 0 N–H and O–H groups in total. The molecule has 7 heteroatoms. The largest absolute Gasteiger partial charge is 0.333 e. The molecule has 0 unspecified atom stereocenters. The molecule has 11 rings (SSSR count). The molecule has 70 heavy (non-hydrogen) atoms. The fourth-order valence-corrected chi connectivity index (χ4v) is 15.0. The molecule has 0 saturated carbocycles. The van der Waals surface area contributed by atoms with Gasteiger partial charge in [-0.1, -0.05) is 128 Å². The number of para-hydroxylation sites is 2. The van der Waals surface area contributed by atoms with E-state index in [1.54, 1.807) is 15.7 Å². The number of aromatic nitrogens is 3. The molecule has 11 aromatic rings. The molecule has 0 bridgehead atoms. The molecular formula is C63H59GeIrN3S2-2. The number of nitrogens with zero attached hydrogens (tertiary/aromatic N) is 3. The zero-order valence-electron chi connectivity index (χ0n) is 41.5. The van der Waals surface area contributed by atoms with Crippen LogP contribution < -0.4 is 4.40 Å². The van der Waals surface area contributed by atoms with Crippen LogP contribution in [0.2, 0.25) is 17.3 Å². The first-order chi connectivity index (χ1) is 33.3. The molecule has 3 nitrogen and oxygen atoms in total. The molecule has 353 valence electrons. The van der Waals surface area contributed by atoms with Crippen molar-refractivity contribution < 1.29 is 20.1 Å². The summed E-state index contributed by atoms with van der Waals surface area (Å²) in [6, 6.07) is 60.3. The van der Waals surface area contributed by atoms with Crippen LogP contribution in [-0.2, 0) is 26.5 Å². The number of thiophene rings is 2. The molecule has 0 amide bonds. The molecule has 4 aromatic heterocycles. The predicted octanol–water partition coefficient (Wildman–Crippen LogP) is 17.9. The molecule has 0 aliphatic heterocycles. The summed E-state index contributed by atoms with van der Waals surface area (Å²) in [6.07, 6.45) is 3.27. The summed E-state index contributed by atoms with van der Waals surface area (Å²) in [4.78, 5) is 10.1. The maximum absolute atomic E-state index is 5.37. The minimum absolute atomic E-state index is 0. The number of fused-ring (bicyclic) bond motifs is 5. The first-order valence-electron chi connectivity index (χ1n) is 24.4. The van der Waals surface area contributed by atoms with Crippen LogP contribution in [0.5, 0.6) is 0 Å². The van der Waals surface area contributed by atoms with Gasteiger partial charge in [0.25, 0.3) is 0 Å². The van der Waals surface area contributed by atoms with Gasteiger partial charge in [-0.15, -0.1) is 16.7 Å². The van der Waals surface area contributed by atoms with Crippen LogP contribution in [0.15, 0.2) is 164 Å². The van der Waals surface area contributed by atoms with Crippen LogP contribution in [0, 0.1) is 17.4 Å². The van der Waals surface area contributed by atoms with E-state index in [0.29, 0.717) is 17.8 Å². The molecule has 0 aliphatic rings. The monoisotopic (exact) mass is 1190 g/mol. The Labute approximate surface area is 438 Å². The molecular weight excluding hydrogens is 1130 g/mol. The third-order valence-electron chi connectivity index (χ3n) is 13.2. The smallest absolute Gasteiger partial charge is 0.0774 e. The van der Waals surface area contributed by atoms with Gasteiger partial charge in [0.05, 0.1) is 16.9 Å². The van der Waals surface area contributed by atoms with Crippen LogP contribution in [0.3, 0.4) is 0 Å². The summed E-state index contributed by atoms with van der Waals surface area (Å²) in [6.45, 7) is 13.8. The minimum atomic E-state index is -1.86. The van der Waals surface area contributed by atoms with E-state index in [4.69, 9.17) is 9.97 Å². The standard InChI is InChI=1S/C45H35N2S2.C18H24GeN.Ir/c1-27(2)34-24-32(29-12-6-5-7-13-29)25-35(28(3)4)44(34)47-40-16-10-9-15-39(40)46-45(47)38-26-48-41-20-18-30(23-37(38)41)31-19-21-43-36(22-31)33-14-8-11-17-42(33)49-43;1-14(2)11-16-12-18(15-9-7-6-8-10-15)20-13-17(16)19(3,4)5;/h5-25,27-28H,1-4H3;6-9,12-14H,11H2,1-5H3;/q2*-1;. The zero-order chi connectivity index (χ0) is 48.0. The van der Waals surface area contributed by atoms with E-state index < -0.39 is 13.3 Å². The summed E-state index contributed by atoms with van der Waals surface area (Å²) >= 11 is 1.68. The van der Waals surface area contributed by atoms with Gasteiger partial charge >= 0.3 is 126 Å². The first-order valence-corrected chi connectivity index (χ1v) is 33.3. The second-order valence-corrected chi connectivity index (χ2v) is 32.9. The predicted molar refractivity (Wildman–Crippen MR) is 303 cm³/mol. The average molecular weight is 1190 g/mol. The van der Waals surface area contributed by atoms with E-state index in [9.17, 15) is 0 Å². The SMILES string of the molecule is CC(C)Cc1cc(-c2[c-]cccc2)nc[c]1[Ge]([CH3])([CH3])[CH3].CC(C)c1cc(-c2ccccc2)cc(C(C)C)c1-n1c(-c2[c-]sc3ccc(-c4ccc5sc6ccccc6c5c4)cc23)nc2ccccc21.[Ir]. The van der Waals surface area contributed by atoms with E-state index in [0.717, 1.165) is 40.1 Å². The quantitative estimate of drug-likeness (QED) is 0.101. The summed E-state index contributed by atoms with van der Waals surface area (Å²) < 4.78 is 7.84. The van der Waals surface area contributed by atoms with Crippen LogP contribution >= 0.6 is 22.7 Å². The summed E-state index contributed by atoms with van der Waals surface area (Å²) in [5, 5.41) is 7.55. The Bertz CT molecular complexity index is 3590. The third kappa shape index (κ3) is 9.91. The van der Waals surface area contributed by atoms with Gasteiger partial charge < -0.3 is 4.57 Å². The fourth-order valence-electron chi connectivity index (χ4n) is 9.74. The van der Waals surface area contributed by atoms with Gasteiger partial charge in [-0.2, -0.15) is 0 Å². The van der Waals surface area contributed by atoms with Crippen molar-refractivity contribution in [2.75, 3.05) is 0 Å². The maximum atomic E-state index is 5.37. The number of rotatable bonds is 10. The van der Waals surface area contributed by atoms with Crippen molar-refractivity contribution in [3.63, 3.8) is 0 Å². The second-order valence-electron chi connectivity index (χ2n) is 20.4. The van der Waals surface area contributed by atoms with Crippen molar-refractivity contribution in [3.05, 3.63) is 192 Å². The third-order valence-corrected chi connectivity index (χ3v) is 19.5. The van der Waals surface area contributed by atoms with Gasteiger partial charge in [0, 0.05) is 46.0 Å². The van der Waals surface area contributed by atoms with Crippen molar-refractivity contribution in [2.45, 2.75) is 77.1 Å². The summed E-state index contributed by atoms with van der Waals surface area (Å²) in [5.41, 5.74) is 15.6. The van der Waals surface area contributed by atoms with E-state index in [1.807, 2.05) is 29.5 Å². The van der Waals surface area contributed by atoms with Crippen LogP contribution in [0.25, 0.3) is 91.9 Å². The molecule has 7 aromatic carbocycles. The average Bonchev–Trinajstić information content (AvgIpc) is 4.06. The van der Waals surface area contributed by atoms with E-state index in [1.165, 1.54) is 74.9 Å². The fraction of sp³-hybridized carbons (Fsp3) is 0.206. The van der Waals surface area contributed by atoms with Crippen molar-refractivity contribution in [3.8, 4) is 50.6 Å². The number of hydrogen-bond acceptors (Lipinski definition) is 4. The van der Waals surface area contributed by atoms with Gasteiger partial charge in [-0.05, 0) is 87.7 Å². The molecule has 0 spiro atoms. The molecule has 0 saturated heterocycles. The summed E-state index contributed by atoms with van der Waals surface area (Å²) in [7, 11) is 0. The Kier molecular flexibility index (Phi) is 14.6. The van der Waals surface area contributed by atoms with E-state index in [2.05, 4.69) is 221 Å². The molecule has 0 atom stereocenters. The van der Waals surface area contributed by atoms with Gasteiger partial charge in [0.2, 0.25) is 0 Å². The number of hydrogen-bond donors (Lipinski definition) is 0. The molecule has 0 aliphatic carbocycles. The number of imidazole rings is 1. The van der Waals surface area contributed by atoms with Crippen LogP contribution in [0.1, 0.15) is 70.1 Å². The minimum Gasteiger partial charge on any atom is -0.333 e. The Morgan fingerprint density at radius 1 is 0.600 bits per heavy atom. The van der Waals surface area contributed by atoms with Gasteiger partial charge in [0.15, 0.2) is 0 Å². The van der Waals surface area contributed by atoms with E-state index in [-0.39, 0.29) is 20.1 Å². The van der Waals surface area contributed by atoms with Crippen molar-refractivity contribution in [2.24, 2.45) is 5.92 Å². The molecule has 0 fully saturated rings. The van der Waals surface area contributed by atoms with Crippen molar-refractivity contribution in [1.82, 2.24) is 14.5 Å². The zero-order valence-corrected chi connectivity index (χ0v) is 47.6. The van der Waals surface area contributed by atoms with Gasteiger partial charge in [-0.3, -0.25) is 16.3 Å². The normalized spacial score (nSPS) is 11.8. The van der Waals surface area contributed by atoms with Gasteiger partial charge in [-0.25, -0.2) is 0 Å².